The molecular formula is C14H10ClN5O4S. The van der Waals surface area contributed by atoms with E-state index in [0.29, 0.717) is 11.5 Å². The minimum absolute atomic E-state index is 0.105. The number of aromatic nitrogens is 4. The number of H-pyrrole nitrogens is 1. The number of oxazole rings is 1. The van der Waals surface area contributed by atoms with Gasteiger partial charge in [0.1, 0.15) is 10.7 Å². The molecule has 9 nitrogen and oxygen atoms in total. The number of benzene rings is 1. The predicted molar refractivity (Wildman–Crippen MR) is 90.4 cm³/mol. The van der Waals surface area contributed by atoms with Crippen molar-refractivity contribution in [3.8, 4) is 0 Å². The highest BCUT2D eigenvalue weighted by Gasteiger charge is 2.23. The van der Waals surface area contributed by atoms with Gasteiger partial charge in [-0.2, -0.15) is 5.10 Å². The van der Waals surface area contributed by atoms with E-state index in [0.717, 1.165) is 0 Å². The van der Waals surface area contributed by atoms with E-state index >= 15 is 0 Å². The van der Waals surface area contributed by atoms with Gasteiger partial charge in [0.25, 0.3) is 10.0 Å². The number of rotatable bonds is 3. The van der Waals surface area contributed by atoms with Crippen molar-refractivity contribution >= 4 is 44.1 Å². The Morgan fingerprint density at radius 3 is 2.96 bits per heavy atom. The molecule has 0 spiro atoms. The lowest BCUT2D eigenvalue weighted by molar-refractivity contribution is 0.546. The minimum atomic E-state index is -4.10. The molecule has 0 aliphatic carbocycles. The van der Waals surface area contributed by atoms with Gasteiger partial charge in [0.05, 0.1) is 11.2 Å². The van der Waals surface area contributed by atoms with Crippen LogP contribution in [0.15, 0.2) is 44.6 Å². The van der Waals surface area contributed by atoms with Crippen molar-refractivity contribution in [2.24, 2.45) is 0 Å². The molecule has 2 N–H and O–H groups in total. The van der Waals surface area contributed by atoms with Crippen molar-refractivity contribution in [3.63, 3.8) is 0 Å². The molecule has 11 heteroatoms. The number of nitrogens with zero attached hydrogens (tertiary/aromatic N) is 3. The Morgan fingerprint density at radius 1 is 1.36 bits per heavy atom. The van der Waals surface area contributed by atoms with E-state index in [1.807, 2.05) is 0 Å². The second-order valence-electron chi connectivity index (χ2n) is 5.25. The number of sulfonamides is 1. The topological polar surface area (TPSA) is 122 Å². The molecule has 0 saturated carbocycles. The standard InChI is InChI=1S/C14H10ClN5O4S/c1-7-16-13-9(3-2-4-20(13)18-7)19-25(22,23)11-6-8(15)5-10-12(11)24-14(21)17-10/h2-6,19H,1H3,(H,17,21). The van der Waals surface area contributed by atoms with Crippen molar-refractivity contribution < 1.29 is 12.8 Å². The molecule has 3 aromatic heterocycles. The number of aryl methyl sites for hydroxylation is 1. The van der Waals surface area contributed by atoms with Crippen LogP contribution in [0.1, 0.15) is 5.82 Å². The van der Waals surface area contributed by atoms with Crippen LogP contribution in [0.4, 0.5) is 5.69 Å². The molecule has 4 aromatic rings. The van der Waals surface area contributed by atoms with Crippen LogP contribution in [0.5, 0.6) is 0 Å². The summed E-state index contributed by atoms with van der Waals surface area (Å²) in [5.74, 6) is -0.280. The van der Waals surface area contributed by atoms with E-state index in [4.69, 9.17) is 16.0 Å². The lowest BCUT2D eigenvalue weighted by Gasteiger charge is -2.09. The van der Waals surface area contributed by atoms with Crippen molar-refractivity contribution in [3.05, 3.63) is 51.9 Å². The van der Waals surface area contributed by atoms with Crippen molar-refractivity contribution in [2.45, 2.75) is 11.8 Å². The van der Waals surface area contributed by atoms with E-state index in [9.17, 15) is 13.2 Å². The van der Waals surface area contributed by atoms with Crippen LogP contribution in [-0.4, -0.2) is 28.0 Å². The highest BCUT2D eigenvalue weighted by atomic mass is 35.5. The third-order valence-corrected chi connectivity index (χ3v) is 5.04. The number of pyridine rings is 1. The molecule has 0 radical (unpaired) electrons. The van der Waals surface area contributed by atoms with Crippen molar-refractivity contribution in [1.82, 2.24) is 19.6 Å². The van der Waals surface area contributed by atoms with Crippen LogP contribution in [0, 0.1) is 6.92 Å². The number of hydrogen-bond donors (Lipinski definition) is 2. The molecule has 0 amide bonds. The fraction of sp³-hybridized carbons (Fsp3) is 0.0714. The first-order chi connectivity index (χ1) is 11.8. The number of anilines is 1. The second kappa shape index (κ2) is 5.33. The first-order valence-corrected chi connectivity index (χ1v) is 8.87. The monoisotopic (exact) mass is 379 g/mol. The molecule has 0 aliphatic heterocycles. The summed E-state index contributed by atoms with van der Waals surface area (Å²) in [6, 6.07) is 5.79. The van der Waals surface area contributed by atoms with Crippen LogP contribution < -0.4 is 10.5 Å². The zero-order valence-electron chi connectivity index (χ0n) is 12.6. The van der Waals surface area contributed by atoms with Gasteiger partial charge in [-0.25, -0.2) is 22.7 Å². The first-order valence-electron chi connectivity index (χ1n) is 7.01. The third kappa shape index (κ3) is 2.65. The van der Waals surface area contributed by atoms with E-state index in [1.54, 1.807) is 25.3 Å². The van der Waals surface area contributed by atoms with Gasteiger partial charge in [-0.05, 0) is 31.2 Å². The van der Waals surface area contributed by atoms with Gasteiger partial charge in [0.15, 0.2) is 11.2 Å². The summed E-state index contributed by atoms with van der Waals surface area (Å²) < 4.78 is 34.5. The smallest absolute Gasteiger partial charge is 0.406 e. The average Bonchev–Trinajstić information content (AvgIpc) is 3.07. The lowest BCUT2D eigenvalue weighted by Crippen LogP contribution is -2.14. The fourth-order valence-electron chi connectivity index (χ4n) is 2.49. The van der Waals surface area contributed by atoms with Crippen LogP contribution in [0.3, 0.4) is 0 Å². The van der Waals surface area contributed by atoms with Gasteiger partial charge in [0.2, 0.25) is 0 Å². The summed E-state index contributed by atoms with van der Waals surface area (Å²) in [7, 11) is -4.10. The van der Waals surface area contributed by atoms with Crippen molar-refractivity contribution in [2.75, 3.05) is 4.72 Å². The van der Waals surface area contributed by atoms with E-state index in [2.05, 4.69) is 19.8 Å². The molecule has 0 aliphatic rings. The molecule has 128 valence electrons. The average molecular weight is 380 g/mol. The number of aromatic amines is 1. The number of halogens is 1. The van der Waals surface area contributed by atoms with Crippen molar-refractivity contribution in [1.29, 1.82) is 0 Å². The summed E-state index contributed by atoms with van der Waals surface area (Å²) in [6.07, 6.45) is 1.65. The Kier molecular flexibility index (Phi) is 3.34. The van der Waals surface area contributed by atoms with Gasteiger partial charge < -0.3 is 4.42 Å². The van der Waals surface area contributed by atoms with Crippen LogP contribution >= 0.6 is 11.6 Å². The Morgan fingerprint density at radius 2 is 2.16 bits per heavy atom. The van der Waals surface area contributed by atoms with Gasteiger partial charge >= 0.3 is 5.76 Å². The maximum absolute atomic E-state index is 12.8. The van der Waals surface area contributed by atoms with Gasteiger partial charge in [-0.1, -0.05) is 11.6 Å². The molecule has 0 bridgehead atoms. The van der Waals surface area contributed by atoms with Crippen LogP contribution in [0.2, 0.25) is 5.02 Å². The summed E-state index contributed by atoms with van der Waals surface area (Å²) in [4.78, 5) is 17.7. The van der Waals surface area contributed by atoms with E-state index in [1.165, 1.54) is 16.6 Å². The molecule has 25 heavy (non-hydrogen) atoms. The Labute approximate surface area is 145 Å². The molecule has 0 unspecified atom stereocenters. The lowest BCUT2D eigenvalue weighted by atomic mass is 10.3. The van der Waals surface area contributed by atoms with Crippen LogP contribution in [0.25, 0.3) is 16.7 Å². The number of nitrogens with one attached hydrogen (secondary N) is 2. The molecular weight excluding hydrogens is 370 g/mol. The molecule has 0 saturated heterocycles. The summed E-state index contributed by atoms with van der Waals surface area (Å²) >= 11 is 5.96. The summed E-state index contributed by atoms with van der Waals surface area (Å²) in [6.45, 7) is 1.69. The molecule has 1 aromatic carbocycles. The number of fused-ring (bicyclic) bond motifs is 2. The maximum Gasteiger partial charge on any atom is 0.417 e. The first kappa shape index (κ1) is 15.7. The van der Waals surface area contributed by atoms with Gasteiger partial charge in [-0.3, -0.25) is 9.71 Å². The quantitative estimate of drug-likeness (QED) is 0.560. The second-order valence-corrected chi connectivity index (χ2v) is 7.34. The zero-order valence-corrected chi connectivity index (χ0v) is 14.2. The molecule has 0 atom stereocenters. The fourth-order valence-corrected chi connectivity index (χ4v) is 4.01. The highest BCUT2D eigenvalue weighted by molar-refractivity contribution is 7.93. The van der Waals surface area contributed by atoms with E-state index in [-0.39, 0.29) is 26.7 Å². The highest BCUT2D eigenvalue weighted by Crippen LogP contribution is 2.28. The van der Waals surface area contributed by atoms with Gasteiger partial charge in [-0.15, -0.1) is 0 Å². The SMILES string of the molecule is Cc1nc2c(NS(=O)(=O)c3cc(Cl)cc4[nH]c(=O)oc34)cccn2n1. The third-order valence-electron chi connectivity index (χ3n) is 3.45. The molecule has 0 fully saturated rings. The normalized spacial score (nSPS) is 12.1. The summed E-state index contributed by atoms with van der Waals surface area (Å²) in [5.41, 5.74) is 0.660. The Balaban J connectivity index is 1.89. The minimum Gasteiger partial charge on any atom is -0.406 e. The Hall–Kier alpha value is -2.85. The number of hydrogen-bond acceptors (Lipinski definition) is 6. The van der Waals surface area contributed by atoms with Crippen LogP contribution in [-0.2, 0) is 10.0 Å². The molecule has 4 rings (SSSR count). The summed E-state index contributed by atoms with van der Waals surface area (Å²) in [5, 5.41) is 4.27. The predicted octanol–water partition coefficient (Wildman–Crippen LogP) is 1.93. The van der Waals surface area contributed by atoms with E-state index < -0.39 is 15.8 Å². The zero-order chi connectivity index (χ0) is 17.8. The largest absolute Gasteiger partial charge is 0.417 e. The van der Waals surface area contributed by atoms with Gasteiger partial charge in [0, 0.05) is 11.2 Å². The Bertz CT molecular complexity index is 1290. The maximum atomic E-state index is 12.8. The molecule has 3 heterocycles.